The van der Waals surface area contributed by atoms with Gasteiger partial charge in [-0.3, -0.25) is 0 Å². The van der Waals surface area contributed by atoms with Crippen LogP contribution in [-0.2, 0) is 16.6 Å². The lowest BCUT2D eigenvalue weighted by atomic mass is 9.93. The molecule has 1 saturated carbocycles. The average molecular weight is 202 g/mol. The van der Waals surface area contributed by atoms with Gasteiger partial charge in [-0.25, -0.2) is 0 Å². The van der Waals surface area contributed by atoms with Gasteiger partial charge in [0.05, 0.1) is 12.0 Å². The van der Waals surface area contributed by atoms with Gasteiger partial charge in [-0.2, -0.15) is 0 Å². The van der Waals surface area contributed by atoms with Crippen LogP contribution in [0.1, 0.15) is 30.4 Å². The van der Waals surface area contributed by atoms with Gasteiger partial charge in [-0.15, -0.1) is 0 Å². The molecule has 1 fully saturated rings. The van der Waals surface area contributed by atoms with Crippen molar-refractivity contribution in [2.75, 3.05) is 6.61 Å². The Morgan fingerprint density at radius 1 is 1.33 bits per heavy atom. The van der Waals surface area contributed by atoms with Gasteiger partial charge in [-0.05, 0) is 42.9 Å². The summed E-state index contributed by atoms with van der Waals surface area (Å²) in [6.07, 6.45) is 5.30. The maximum absolute atomic E-state index is 11.0. The number of ether oxygens (including phenoxy) is 1. The van der Waals surface area contributed by atoms with E-state index in [1.54, 1.807) is 0 Å². The lowest BCUT2D eigenvalue weighted by molar-refractivity contribution is -0.109. The van der Waals surface area contributed by atoms with Crippen molar-refractivity contribution in [1.29, 1.82) is 0 Å². The van der Waals surface area contributed by atoms with Crippen molar-refractivity contribution in [3.05, 3.63) is 29.3 Å². The lowest BCUT2D eigenvalue weighted by Crippen LogP contribution is -2.12. The molecule has 2 heteroatoms. The number of aryl methyl sites for hydroxylation is 1. The molecule has 1 aromatic rings. The third-order valence-corrected chi connectivity index (χ3v) is 3.50. The van der Waals surface area contributed by atoms with Gasteiger partial charge in [0.25, 0.3) is 0 Å². The molecule has 0 unspecified atom stereocenters. The summed E-state index contributed by atoms with van der Waals surface area (Å²) in [6.45, 7) is 0.825. The molecule has 1 aliphatic carbocycles. The number of fused-ring (bicyclic) bond motifs is 1. The van der Waals surface area contributed by atoms with Crippen LogP contribution in [0.5, 0.6) is 5.75 Å². The molecule has 0 spiro atoms. The van der Waals surface area contributed by atoms with Crippen molar-refractivity contribution in [2.24, 2.45) is 0 Å². The Morgan fingerprint density at radius 2 is 2.20 bits per heavy atom. The van der Waals surface area contributed by atoms with Crippen molar-refractivity contribution < 1.29 is 9.53 Å². The maximum Gasteiger partial charge on any atom is 0.130 e. The van der Waals surface area contributed by atoms with Gasteiger partial charge >= 0.3 is 0 Å². The second-order valence-corrected chi connectivity index (χ2v) is 4.55. The van der Waals surface area contributed by atoms with Crippen molar-refractivity contribution in [3.63, 3.8) is 0 Å². The van der Waals surface area contributed by atoms with E-state index in [1.165, 1.54) is 11.1 Å². The van der Waals surface area contributed by atoms with E-state index in [9.17, 15) is 4.79 Å². The molecule has 0 amide bonds. The monoisotopic (exact) mass is 202 g/mol. The smallest absolute Gasteiger partial charge is 0.130 e. The van der Waals surface area contributed by atoms with Crippen LogP contribution in [0.2, 0.25) is 0 Å². The van der Waals surface area contributed by atoms with Gasteiger partial charge in [0, 0.05) is 0 Å². The van der Waals surface area contributed by atoms with E-state index >= 15 is 0 Å². The number of hydrogen-bond acceptors (Lipinski definition) is 2. The number of benzene rings is 1. The summed E-state index contributed by atoms with van der Waals surface area (Å²) in [5.74, 6) is 1.01. The van der Waals surface area contributed by atoms with Crippen LogP contribution in [0.25, 0.3) is 0 Å². The molecule has 1 aromatic carbocycles. The minimum absolute atomic E-state index is 0.146. The number of rotatable bonds is 2. The summed E-state index contributed by atoms with van der Waals surface area (Å²) in [6, 6.07) is 6.23. The highest BCUT2D eigenvalue weighted by Gasteiger charge is 2.44. The van der Waals surface area contributed by atoms with E-state index in [4.69, 9.17) is 4.74 Å². The molecule has 1 aliphatic heterocycles. The zero-order valence-corrected chi connectivity index (χ0v) is 8.66. The second-order valence-electron chi connectivity index (χ2n) is 4.55. The molecule has 0 atom stereocenters. The largest absolute Gasteiger partial charge is 0.493 e. The molecular formula is C13H14O2. The summed E-state index contributed by atoms with van der Waals surface area (Å²) < 4.78 is 5.56. The summed E-state index contributed by atoms with van der Waals surface area (Å²) in [7, 11) is 0. The fourth-order valence-electron chi connectivity index (χ4n) is 2.28. The van der Waals surface area contributed by atoms with Crippen molar-refractivity contribution in [1.82, 2.24) is 0 Å². The molecule has 0 aromatic heterocycles. The Bertz CT molecular complexity index is 405. The SMILES string of the molecule is O=CC1(c2ccc3c(c2)CCCO3)CC1. The van der Waals surface area contributed by atoms with E-state index in [1.807, 2.05) is 12.1 Å². The molecular weight excluding hydrogens is 188 g/mol. The summed E-state index contributed by atoms with van der Waals surface area (Å²) >= 11 is 0. The van der Waals surface area contributed by atoms with Gasteiger partial charge in [0.15, 0.2) is 0 Å². The highest BCUT2D eigenvalue weighted by Crippen LogP contribution is 2.47. The topological polar surface area (TPSA) is 26.3 Å². The number of aldehydes is 1. The quantitative estimate of drug-likeness (QED) is 0.687. The number of hydrogen-bond donors (Lipinski definition) is 0. The summed E-state index contributed by atoms with van der Waals surface area (Å²) in [5, 5.41) is 0. The van der Waals surface area contributed by atoms with Gasteiger partial charge in [0.2, 0.25) is 0 Å². The zero-order valence-electron chi connectivity index (χ0n) is 8.66. The molecule has 0 radical (unpaired) electrons. The Balaban J connectivity index is 2.01. The van der Waals surface area contributed by atoms with E-state index < -0.39 is 0 Å². The highest BCUT2D eigenvalue weighted by molar-refractivity contribution is 5.73. The second kappa shape index (κ2) is 3.09. The maximum atomic E-state index is 11.0. The van der Waals surface area contributed by atoms with Crippen LogP contribution in [0.3, 0.4) is 0 Å². The molecule has 15 heavy (non-hydrogen) atoms. The predicted octanol–water partition coefficient (Wildman–Crippen LogP) is 2.24. The molecule has 3 rings (SSSR count). The van der Waals surface area contributed by atoms with Gasteiger partial charge < -0.3 is 9.53 Å². The van der Waals surface area contributed by atoms with Crippen LogP contribution >= 0.6 is 0 Å². The number of carbonyl (C=O) groups excluding carboxylic acids is 1. The molecule has 2 aliphatic rings. The standard InChI is InChI=1S/C13H14O2/c14-9-13(5-6-13)11-3-4-12-10(8-11)2-1-7-15-12/h3-4,8-9H,1-2,5-7H2. The number of carbonyl (C=O) groups is 1. The van der Waals surface area contributed by atoms with Crippen molar-refractivity contribution in [3.8, 4) is 5.75 Å². The van der Waals surface area contributed by atoms with Crippen LogP contribution in [0.4, 0.5) is 0 Å². The van der Waals surface area contributed by atoms with E-state index in [0.717, 1.165) is 44.3 Å². The fraction of sp³-hybridized carbons (Fsp3) is 0.462. The zero-order chi connectivity index (χ0) is 10.3. The summed E-state index contributed by atoms with van der Waals surface area (Å²) in [4.78, 5) is 11.0. The molecule has 0 saturated heterocycles. The molecule has 0 bridgehead atoms. The average Bonchev–Trinajstić information content (AvgIpc) is 3.09. The molecule has 78 valence electrons. The van der Waals surface area contributed by atoms with E-state index in [2.05, 4.69) is 6.07 Å². The lowest BCUT2D eigenvalue weighted by Gasteiger charge is -2.19. The van der Waals surface area contributed by atoms with Crippen LogP contribution in [0, 0.1) is 0 Å². The van der Waals surface area contributed by atoms with Crippen LogP contribution in [-0.4, -0.2) is 12.9 Å². The molecule has 1 heterocycles. The predicted molar refractivity (Wildman–Crippen MR) is 57.2 cm³/mol. The van der Waals surface area contributed by atoms with Crippen molar-refractivity contribution in [2.45, 2.75) is 31.1 Å². The molecule has 0 N–H and O–H groups in total. The highest BCUT2D eigenvalue weighted by atomic mass is 16.5. The Morgan fingerprint density at radius 3 is 2.93 bits per heavy atom. The summed E-state index contributed by atoms with van der Waals surface area (Å²) in [5.41, 5.74) is 2.31. The first-order valence-corrected chi connectivity index (χ1v) is 5.57. The first-order valence-electron chi connectivity index (χ1n) is 5.57. The Kier molecular flexibility index (Phi) is 1.84. The van der Waals surface area contributed by atoms with Gasteiger partial charge in [0.1, 0.15) is 12.0 Å². The fourth-order valence-corrected chi connectivity index (χ4v) is 2.28. The van der Waals surface area contributed by atoms with E-state index in [0.29, 0.717) is 0 Å². The normalized spacial score (nSPS) is 21.3. The minimum atomic E-state index is -0.146. The minimum Gasteiger partial charge on any atom is -0.493 e. The third-order valence-electron chi connectivity index (χ3n) is 3.50. The van der Waals surface area contributed by atoms with Gasteiger partial charge in [-0.1, -0.05) is 12.1 Å². The van der Waals surface area contributed by atoms with Crippen LogP contribution in [0.15, 0.2) is 18.2 Å². The van der Waals surface area contributed by atoms with Crippen LogP contribution < -0.4 is 4.74 Å². The third kappa shape index (κ3) is 1.36. The first kappa shape index (κ1) is 8.96. The molecule has 2 nitrogen and oxygen atoms in total. The Hall–Kier alpha value is -1.31. The van der Waals surface area contributed by atoms with E-state index in [-0.39, 0.29) is 5.41 Å². The van der Waals surface area contributed by atoms with Crippen molar-refractivity contribution >= 4 is 6.29 Å². The first-order chi connectivity index (χ1) is 7.34. The Labute approximate surface area is 89.2 Å².